The van der Waals surface area contributed by atoms with Gasteiger partial charge in [0.1, 0.15) is 5.75 Å². The summed E-state index contributed by atoms with van der Waals surface area (Å²) in [5.41, 5.74) is 1.25. The normalized spacial score (nSPS) is 21.4. The SMILES string of the molecule is COc1ccccc1[C@H](C)NCC1CCSC1. The van der Waals surface area contributed by atoms with E-state index >= 15 is 0 Å². The standard InChI is InChI=1S/C14H21NOS/c1-11(15-9-12-7-8-17-10-12)13-5-3-4-6-14(13)16-2/h3-6,11-12,15H,7-10H2,1-2H3/t11-,12?/m0/s1. The molecule has 94 valence electrons. The van der Waals surface area contributed by atoms with E-state index in [0.717, 1.165) is 18.2 Å². The molecule has 2 nitrogen and oxygen atoms in total. The summed E-state index contributed by atoms with van der Waals surface area (Å²) in [6.07, 6.45) is 1.36. The Balaban J connectivity index is 1.91. The predicted octanol–water partition coefficient (Wildman–Crippen LogP) is 3.10. The molecule has 1 aromatic rings. The van der Waals surface area contributed by atoms with Crippen molar-refractivity contribution < 1.29 is 4.74 Å². The first-order chi connectivity index (χ1) is 8.31. The maximum Gasteiger partial charge on any atom is 0.123 e. The van der Waals surface area contributed by atoms with Crippen molar-refractivity contribution in [2.45, 2.75) is 19.4 Å². The summed E-state index contributed by atoms with van der Waals surface area (Å²) in [4.78, 5) is 0. The van der Waals surface area contributed by atoms with Gasteiger partial charge in [0.05, 0.1) is 7.11 Å². The molecule has 1 fully saturated rings. The Bertz CT molecular complexity index is 350. The molecule has 1 aromatic carbocycles. The van der Waals surface area contributed by atoms with Gasteiger partial charge in [0, 0.05) is 11.6 Å². The first-order valence-electron chi connectivity index (χ1n) is 6.25. The lowest BCUT2D eigenvalue weighted by Gasteiger charge is -2.19. The molecule has 0 spiro atoms. The first-order valence-corrected chi connectivity index (χ1v) is 7.40. The van der Waals surface area contributed by atoms with Gasteiger partial charge in [-0.05, 0) is 43.4 Å². The van der Waals surface area contributed by atoms with Gasteiger partial charge in [0.25, 0.3) is 0 Å². The van der Waals surface area contributed by atoms with E-state index in [9.17, 15) is 0 Å². The summed E-state index contributed by atoms with van der Waals surface area (Å²) in [7, 11) is 1.74. The summed E-state index contributed by atoms with van der Waals surface area (Å²) in [5.74, 6) is 4.46. The van der Waals surface area contributed by atoms with Crippen molar-refractivity contribution in [3.8, 4) is 5.75 Å². The number of hydrogen-bond donors (Lipinski definition) is 1. The Labute approximate surface area is 108 Å². The fourth-order valence-electron chi connectivity index (χ4n) is 2.22. The van der Waals surface area contributed by atoms with Crippen LogP contribution >= 0.6 is 11.8 Å². The molecule has 1 heterocycles. The molecule has 0 saturated carbocycles. The Morgan fingerprint density at radius 1 is 1.47 bits per heavy atom. The largest absolute Gasteiger partial charge is 0.496 e. The van der Waals surface area contributed by atoms with Crippen molar-refractivity contribution in [2.24, 2.45) is 5.92 Å². The molecular weight excluding hydrogens is 230 g/mol. The maximum atomic E-state index is 5.39. The zero-order valence-corrected chi connectivity index (χ0v) is 11.4. The minimum Gasteiger partial charge on any atom is -0.496 e. The lowest BCUT2D eigenvalue weighted by atomic mass is 10.1. The van der Waals surface area contributed by atoms with E-state index in [1.807, 2.05) is 12.1 Å². The predicted molar refractivity (Wildman–Crippen MR) is 74.8 cm³/mol. The lowest BCUT2D eigenvalue weighted by molar-refractivity contribution is 0.397. The summed E-state index contributed by atoms with van der Waals surface area (Å²) >= 11 is 2.07. The van der Waals surface area contributed by atoms with E-state index in [-0.39, 0.29) is 0 Å². The van der Waals surface area contributed by atoms with Gasteiger partial charge < -0.3 is 10.1 Å². The van der Waals surface area contributed by atoms with Crippen LogP contribution in [-0.2, 0) is 0 Å². The van der Waals surface area contributed by atoms with Crippen LogP contribution in [0.25, 0.3) is 0 Å². The molecule has 0 radical (unpaired) electrons. The van der Waals surface area contributed by atoms with Crippen LogP contribution in [0.3, 0.4) is 0 Å². The van der Waals surface area contributed by atoms with E-state index in [1.54, 1.807) is 7.11 Å². The van der Waals surface area contributed by atoms with Crippen LogP contribution in [-0.4, -0.2) is 25.2 Å². The van der Waals surface area contributed by atoms with E-state index in [2.05, 4.69) is 36.1 Å². The molecule has 17 heavy (non-hydrogen) atoms. The molecule has 1 saturated heterocycles. The average molecular weight is 251 g/mol. The maximum absolute atomic E-state index is 5.39. The van der Waals surface area contributed by atoms with E-state index in [0.29, 0.717) is 6.04 Å². The Morgan fingerprint density at radius 2 is 2.29 bits per heavy atom. The summed E-state index contributed by atoms with van der Waals surface area (Å²) in [6.45, 7) is 3.33. The molecule has 0 aliphatic carbocycles. The van der Waals surface area contributed by atoms with Gasteiger partial charge in [-0.1, -0.05) is 18.2 Å². The number of nitrogens with one attached hydrogen (secondary N) is 1. The van der Waals surface area contributed by atoms with Crippen LogP contribution in [0.2, 0.25) is 0 Å². The molecule has 1 unspecified atom stereocenters. The number of thioether (sulfide) groups is 1. The molecule has 3 heteroatoms. The quantitative estimate of drug-likeness (QED) is 0.869. The second-order valence-electron chi connectivity index (χ2n) is 4.60. The van der Waals surface area contributed by atoms with Gasteiger partial charge in [-0.3, -0.25) is 0 Å². The van der Waals surface area contributed by atoms with E-state index < -0.39 is 0 Å². The van der Waals surface area contributed by atoms with Crippen molar-refractivity contribution in [2.75, 3.05) is 25.2 Å². The monoisotopic (exact) mass is 251 g/mol. The number of ether oxygens (including phenoxy) is 1. The molecule has 1 aliphatic heterocycles. The molecule has 2 rings (SSSR count). The fraction of sp³-hybridized carbons (Fsp3) is 0.571. The highest BCUT2D eigenvalue weighted by Crippen LogP contribution is 2.26. The molecular formula is C14H21NOS. The highest BCUT2D eigenvalue weighted by atomic mass is 32.2. The Morgan fingerprint density at radius 3 is 3.00 bits per heavy atom. The minimum absolute atomic E-state index is 0.358. The topological polar surface area (TPSA) is 21.3 Å². The van der Waals surface area contributed by atoms with Crippen LogP contribution in [0.1, 0.15) is 24.9 Å². The van der Waals surface area contributed by atoms with Gasteiger partial charge in [-0.15, -0.1) is 0 Å². The van der Waals surface area contributed by atoms with Gasteiger partial charge >= 0.3 is 0 Å². The van der Waals surface area contributed by atoms with E-state index in [1.165, 1.54) is 23.5 Å². The van der Waals surface area contributed by atoms with Crippen molar-refractivity contribution in [3.05, 3.63) is 29.8 Å². The molecule has 0 aromatic heterocycles. The minimum atomic E-state index is 0.358. The third kappa shape index (κ3) is 3.39. The van der Waals surface area contributed by atoms with Crippen LogP contribution in [0.4, 0.5) is 0 Å². The second kappa shape index (κ2) is 6.31. The Hall–Kier alpha value is -0.670. The lowest BCUT2D eigenvalue weighted by Crippen LogP contribution is -2.26. The zero-order valence-electron chi connectivity index (χ0n) is 10.6. The van der Waals surface area contributed by atoms with Gasteiger partial charge in [-0.2, -0.15) is 11.8 Å². The second-order valence-corrected chi connectivity index (χ2v) is 5.75. The average Bonchev–Trinajstić information content (AvgIpc) is 2.89. The number of rotatable bonds is 5. The smallest absolute Gasteiger partial charge is 0.123 e. The summed E-state index contributed by atoms with van der Waals surface area (Å²) in [6, 6.07) is 8.61. The van der Waals surface area contributed by atoms with Crippen LogP contribution in [0.15, 0.2) is 24.3 Å². The highest BCUT2D eigenvalue weighted by Gasteiger charge is 2.17. The van der Waals surface area contributed by atoms with Crippen LogP contribution in [0.5, 0.6) is 5.75 Å². The third-order valence-electron chi connectivity index (χ3n) is 3.34. The van der Waals surface area contributed by atoms with Crippen molar-refractivity contribution in [3.63, 3.8) is 0 Å². The number of methoxy groups -OCH3 is 1. The van der Waals surface area contributed by atoms with Crippen LogP contribution < -0.4 is 10.1 Å². The Kier molecular flexibility index (Phi) is 4.75. The van der Waals surface area contributed by atoms with Crippen molar-refractivity contribution >= 4 is 11.8 Å². The van der Waals surface area contributed by atoms with Crippen molar-refractivity contribution in [1.29, 1.82) is 0 Å². The van der Waals surface area contributed by atoms with Gasteiger partial charge in [0.2, 0.25) is 0 Å². The molecule has 2 atom stereocenters. The fourth-order valence-corrected chi connectivity index (χ4v) is 3.51. The third-order valence-corrected chi connectivity index (χ3v) is 4.57. The summed E-state index contributed by atoms with van der Waals surface area (Å²) < 4.78 is 5.39. The molecule has 0 bridgehead atoms. The van der Waals surface area contributed by atoms with Crippen molar-refractivity contribution in [1.82, 2.24) is 5.32 Å². The molecule has 0 amide bonds. The number of para-hydroxylation sites is 1. The van der Waals surface area contributed by atoms with Crippen LogP contribution in [0, 0.1) is 5.92 Å². The highest BCUT2D eigenvalue weighted by molar-refractivity contribution is 7.99. The van der Waals surface area contributed by atoms with E-state index in [4.69, 9.17) is 4.74 Å². The first kappa shape index (κ1) is 12.8. The molecule has 1 N–H and O–H groups in total. The summed E-state index contributed by atoms with van der Waals surface area (Å²) in [5, 5.41) is 3.62. The zero-order chi connectivity index (χ0) is 12.1. The van der Waals surface area contributed by atoms with Gasteiger partial charge in [-0.25, -0.2) is 0 Å². The van der Waals surface area contributed by atoms with Gasteiger partial charge in [0.15, 0.2) is 0 Å². The number of benzene rings is 1. The molecule has 1 aliphatic rings. The number of hydrogen-bond acceptors (Lipinski definition) is 3.